The van der Waals surface area contributed by atoms with Gasteiger partial charge in [-0.15, -0.1) is 0 Å². The van der Waals surface area contributed by atoms with E-state index in [1.54, 1.807) is 60.7 Å². The summed E-state index contributed by atoms with van der Waals surface area (Å²) in [5, 5.41) is 0. The summed E-state index contributed by atoms with van der Waals surface area (Å²) >= 11 is 0. The zero-order valence-electron chi connectivity index (χ0n) is 10.5. The van der Waals surface area contributed by atoms with E-state index >= 15 is 0 Å². The SMILES string of the molecule is O=[P+]([O-])Oc1ccccc1.O=[P+]([O-])Oc1ccccc1.[Fe+2]. The molecule has 2 aromatic carbocycles. The minimum Gasteiger partial charge on any atom is -0.558 e. The molecule has 0 aliphatic heterocycles. The third-order valence-corrected chi connectivity index (χ3v) is 2.57. The van der Waals surface area contributed by atoms with Crippen LogP contribution < -0.4 is 18.8 Å². The summed E-state index contributed by atoms with van der Waals surface area (Å²) in [5.74, 6) is 0.692. The fourth-order valence-corrected chi connectivity index (χ4v) is 1.72. The standard InChI is InChI=1S/2C6H5O3P.Fe/c2*7-10(8)9-6-4-2-1-3-5-6;/h2*1-5H;/q;;+2. The van der Waals surface area contributed by atoms with Crippen LogP contribution in [0.25, 0.3) is 0 Å². The average Bonchev–Trinajstić information content (AvgIpc) is 2.40. The van der Waals surface area contributed by atoms with Crippen molar-refractivity contribution < 1.29 is 45.0 Å². The molecule has 0 fully saturated rings. The Balaban J connectivity index is 0.000000364. The van der Waals surface area contributed by atoms with Gasteiger partial charge in [-0.25, -0.2) is 0 Å². The van der Waals surface area contributed by atoms with Crippen molar-refractivity contribution in [2.75, 3.05) is 0 Å². The maximum Gasteiger partial charge on any atom is 2.00 e. The van der Waals surface area contributed by atoms with Gasteiger partial charge in [0, 0.05) is 0 Å². The van der Waals surface area contributed by atoms with Gasteiger partial charge in [-0.2, -0.15) is 0 Å². The average molecular weight is 368 g/mol. The maximum atomic E-state index is 9.98. The molecule has 0 heterocycles. The van der Waals surface area contributed by atoms with Crippen molar-refractivity contribution in [2.24, 2.45) is 0 Å². The fraction of sp³-hybridized carbons (Fsp3) is 0. The molecule has 2 aromatic rings. The second-order valence-electron chi connectivity index (χ2n) is 3.26. The normalized spacial score (nSPS) is 10.2. The van der Waals surface area contributed by atoms with Gasteiger partial charge in [0.25, 0.3) is 0 Å². The number of rotatable bonds is 4. The predicted octanol–water partition coefficient (Wildman–Crippen LogP) is 2.16. The Morgan fingerprint density at radius 1 is 0.667 bits per heavy atom. The van der Waals surface area contributed by atoms with E-state index in [0.717, 1.165) is 0 Å². The monoisotopic (exact) mass is 368 g/mol. The summed E-state index contributed by atoms with van der Waals surface area (Å²) in [6, 6.07) is 16.7. The Morgan fingerprint density at radius 3 is 1.19 bits per heavy atom. The molecule has 6 nitrogen and oxygen atoms in total. The molecule has 0 aliphatic carbocycles. The van der Waals surface area contributed by atoms with Crippen LogP contribution in [0, 0.1) is 0 Å². The molecule has 2 unspecified atom stereocenters. The molecule has 0 radical (unpaired) electrons. The van der Waals surface area contributed by atoms with Gasteiger partial charge in [0.2, 0.25) is 0 Å². The van der Waals surface area contributed by atoms with Crippen LogP contribution in [-0.2, 0) is 26.2 Å². The van der Waals surface area contributed by atoms with E-state index in [4.69, 9.17) is 0 Å². The molecular weight excluding hydrogens is 358 g/mol. The first kappa shape index (κ1) is 19.7. The molecule has 9 heteroatoms. The number of hydrogen-bond acceptors (Lipinski definition) is 6. The first-order valence-electron chi connectivity index (χ1n) is 5.33. The van der Waals surface area contributed by atoms with Gasteiger partial charge in [-0.1, -0.05) is 36.4 Å². The van der Waals surface area contributed by atoms with E-state index < -0.39 is 16.5 Å². The van der Waals surface area contributed by atoms with Crippen molar-refractivity contribution in [3.8, 4) is 11.5 Å². The summed E-state index contributed by atoms with van der Waals surface area (Å²) in [7, 11) is -5.55. The van der Waals surface area contributed by atoms with Crippen LogP contribution in [0.3, 0.4) is 0 Å². The van der Waals surface area contributed by atoms with E-state index in [9.17, 15) is 18.9 Å². The van der Waals surface area contributed by atoms with Crippen molar-refractivity contribution in [3.63, 3.8) is 0 Å². The van der Waals surface area contributed by atoms with E-state index in [1.807, 2.05) is 0 Å². The zero-order valence-corrected chi connectivity index (χ0v) is 13.4. The smallest absolute Gasteiger partial charge is 0.558 e. The van der Waals surface area contributed by atoms with Crippen LogP contribution in [-0.4, -0.2) is 0 Å². The molecule has 0 aromatic heterocycles. The largest absolute Gasteiger partial charge is 2.00 e. The van der Waals surface area contributed by atoms with Crippen molar-refractivity contribution in [1.82, 2.24) is 0 Å². The van der Waals surface area contributed by atoms with Gasteiger partial charge in [0.05, 0.1) is 0 Å². The molecule has 110 valence electrons. The minimum absolute atomic E-state index is 0. The summed E-state index contributed by atoms with van der Waals surface area (Å²) in [5.41, 5.74) is 0. The molecule has 0 saturated heterocycles. The number of para-hydroxylation sites is 2. The first-order valence-corrected chi connectivity index (χ1v) is 7.52. The molecule has 2 atom stereocenters. The quantitative estimate of drug-likeness (QED) is 0.606. The summed E-state index contributed by atoms with van der Waals surface area (Å²) < 4.78 is 28.7. The Kier molecular flexibility index (Phi) is 10.6. The minimum atomic E-state index is -2.78. The van der Waals surface area contributed by atoms with E-state index in [1.165, 1.54) is 0 Å². The Bertz CT molecular complexity index is 501. The van der Waals surface area contributed by atoms with Crippen molar-refractivity contribution in [3.05, 3.63) is 60.7 Å². The topological polar surface area (TPSA) is 98.7 Å². The van der Waals surface area contributed by atoms with Crippen molar-refractivity contribution in [2.45, 2.75) is 0 Å². The second kappa shape index (κ2) is 11.4. The van der Waals surface area contributed by atoms with Crippen LogP contribution >= 0.6 is 16.5 Å². The van der Waals surface area contributed by atoms with Gasteiger partial charge < -0.3 is 9.79 Å². The third kappa shape index (κ3) is 10.1. The molecule has 21 heavy (non-hydrogen) atoms. The van der Waals surface area contributed by atoms with E-state index in [-0.39, 0.29) is 17.1 Å². The molecule has 0 bridgehead atoms. The van der Waals surface area contributed by atoms with Gasteiger partial charge in [0.15, 0.2) is 11.5 Å². The van der Waals surface area contributed by atoms with Crippen LogP contribution in [0.5, 0.6) is 11.5 Å². The van der Waals surface area contributed by atoms with Crippen LogP contribution in [0.15, 0.2) is 60.7 Å². The van der Waals surface area contributed by atoms with Crippen LogP contribution in [0.1, 0.15) is 0 Å². The third-order valence-electron chi connectivity index (χ3n) is 1.85. The first-order chi connectivity index (χ1) is 9.58. The van der Waals surface area contributed by atoms with Gasteiger partial charge >= 0.3 is 33.6 Å². The van der Waals surface area contributed by atoms with Gasteiger partial charge in [-0.3, -0.25) is 9.05 Å². The van der Waals surface area contributed by atoms with Crippen molar-refractivity contribution >= 4 is 16.5 Å². The second-order valence-corrected chi connectivity index (χ2v) is 4.52. The Labute approximate surface area is 134 Å². The molecule has 0 amide bonds. The van der Waals surface area contributed by atoms with E-state index in [0.29, 0.717) is 11.5 Å². The number of benzene rings is 2. The molecular formula is C12H10FeO6P2+2. The maximum absolute atomic E-state index is 9.98. The zero-order chi connectivity index (χ0) is 14.8. The van der Waals surface area contributed by atoms with Gasteiger partial charge in [0.1, 0.15) is 0 Å². The summed E-state index contributed by atoms with van der Waals surface area (Å²) in [6.45, 7) is 0. The molecule has 2 rings (SSSR count). The summed E-state index contributed by atoms with van der Waals surface area (Å²) in [6.07, 6.45) is 0. The number of hydrogen-bond donors (Lipinski definition) is 0. The molecule has 0 saturated carbocycles. The molecule has 0 spiro atoms. The summed E-state index contributed by atoms with van der Waals surface area (Å²) in [4.78, 5) is 20.0. The molecule has 0 aliphatic rings. The Morgan fingerprint density at radius 2 is 0.952 bits per heavy atom. The van der Waals surface area contributed by atoms with Gasteiger partial charge in [-0.05, 0) is 33.4 Å². The van der Waals surface area contributed by atoms with E-state index in [2.05, 4.69) is 9.05 Å². The Hall–Kier alpha value is -1.32. The predicted molar refractivity (Wildman–Crippen MR) is 69.4 cm³/mol. The fourth-order valence-electron chi connectivity index (χ4n) is 1.13. The van der Waals surface area contributed by atoms with Crippen molar-refractivity contribution in [1.29, 1.82) is 0 Å². The van der Waals surface area contributed by atoms with Crippen LogP contribution in [0.4, 0.5) is 0 Å². The molecule has 0 N–H and O–H groups in total. The van der Waals surface area contributed by atoms with Crippen LogP contribution in [0.2, 0.25) is 0 Å².